The van der Waals surface area contributed by atoms with Crippen molar-refractivity contribution in [2.45, 2.75) is 36.8 Å². The molecular formula is C31H34O8Si. The van der Waals surface area contributed by atoms with Crippen LogP contribution in [0.3, 0.4) is 0 Å². The molecule has 1 heterocycles. The van der Waals surface area contributed by atoms with Crippen molar-refractivity contribution in [1.29, 1.82) is 0 Å². The zero-order chi connectivity index (χ0) is 28.9. The van der Waals surface area contributed by atoms with Crippen LogP contribution in [0.25, 0.3) is 0 Å². The van der Waals surface area contributed by atoms with Crippen LogP contribution in [0.1, 0.15) is 22.6 Å². The lowest BCUT2D eigenvalue weighted by molar-refractivity contribution is -0.153. The number of methoxy groups -OCH3 is 4. The Morgan fingerprint density at radius 1 is 0.850 bits per heavy atom. The largest absolute Gasteiger partial charge is 0.497 e. The van der Waals surface area contributed by atoms with E-state index in [1.54, 1.807) is 26.4 Å². The van der Waals surface area contributed by atoms with Gasteiger partial charge in [-0.1, -0.05) is 42.5 Å². The van der Waals surface area contributed by atoms with Gasteiger partial charge in [-0.05, 0) is 37.3 Å². The van der Waals surface area contributed by atoms with Gasteiger partial charge in [-0.2, -0.15) is 0 Å². The van der Waals surface area contributed by atoms with Gasteiger partial charge in [0.25, 0.3) is 0 Å². The average Bonchev–Trinajstić information content (AvgIpc) is 3.35. The minimum Gasteiger partial charge on any atom is -0.497 e. The van der Waals surface area contributed by atoms with Gasteiger partial charge in [0.15, 0.2) is 25.3 Å². The van der Waals surface area contributed by atoms with Gasteiger partial charge in [0.2, 0.25) is 0 Å². The summed E-state index contributed by atoms with van der Waals surface area (Å²) in [5.41, 5.74) is -1.41. The third kappa shape index (κ3) is 3.90. The number of esters is 1. The van der Waals surface area contributed by atoms with E-state index in [4.69, 9.17) is 28.1 Å². The summed E-state index contributed by atoms with van der Waals surface area (Å²) in [4.78, 5) is 28.6. The predicted molar refractivity (Wildman–Crippen MR) is 151 cm³/mol. The quantitative estimate of drug-likeness (QED) is 0.210. The molecule has 210 valence electrons. The van der Waals surface area contributed by atoms with Crippen LogP contribution in [0, 0.1) is 5.92 Å². The van der Waals surface area contributed by atoms with E-state index < -0.39 is 43.1 Å². The summed E-state index contributed by atoms with van der Waals surface area (Å²) < 4.78 is 36.2. The topological polar surface area (TPSA) is 89.5 Å². The van der Waals surface area contributed by atoms with Crippen LogP contribution in [0.4, 0.5) is 0 Å². The minimum atomic E-state index is -2.55. The van der Waals surface area contributed by atoms with Crippen LogP contribution in [-0.2, 0) is 30.0 Å². The first-order valence-electron chi connectivity index (χ1n) is 13.0. The number of ketones is 1. The van der Waals surface area contributed by atoms with E-state index in [0.29, 0.717) is 34.1 Å². The summed E-state index contributed by atoms with van der Waals surface area (Å²) in [6, 6.07) is 20.2. The van der Waals surface area contributed by atoms with E-state index in [-0.39, 0.29) is 0 Å². The Balaban J connectivity index is 1.97. The molecule has 3 aromatic rings. The van der Waals surface area contributed by atoms with Crippen molar-refractivity contribution in [1.82, 2.24) is 0 Å². The second-order valence-electron chi connectivity index (χ2n) is 10.9. The smallest absolute Gasteiger partial charge is 0.317 e. The minimum absolute atomic E-state index is 0.369. The second kappa shape index (κ2) is 9.98. The fraction of sp³-hybridized carbons (Fsp3) is 0.355. The van der Waals surface area contributed by atoms with Crippen LogP contribution in [-0.4, -0.2) is 48.5 Å². The molecule has 2 aliphatic rings. The molecule has 0 N–H and O–H groups in total. The maximum absolute atomic E-state index is 15.1. The SMILES string of the molecule is COC(=O)[C@H]1C(=O)[C@@]2(O[Si](C)(C)C)c3c(OC)cc(OC)cc3O[C@@]2(c2ccc(OC)cc2)[C@@H]1c1ccccc1. The van der Waals surface area contributed by atoms with Gasteiger partial charge < -0.3 is 28.1 Å². The van der Waals surface area contributed by atoms with Gasteiger partial charge in [0.1, 0.15) is 28.9 Å². The lowest BCUT2D eigenvalue weighted by Gasteiger charge is -2.44. The number of rotatable bonds is 8. The molecule has 0 unspecified atom stereocenters. The summed E-state index contributed by atoms with van der Waals surface area (Å²) in [5, 5.41) is 0. The van der Waals surface area contributed by atoms with E-state index in [1.807, 2.05) is 74.2 Å². The number of benzene rings is 3. The monoisotopic (exact) mass is 562 g/mol. The zero-order valence-corrected chi connectivity index (χ0v) is 24.8. The number of ether oxygens (including phenoxy) is 5. The number of carbonyl (C=O) groups excluding carboxylic acids is 2. The Morgan fingerprint density at radius 2 is 1.50 bits per heavy atom. The fourth-order valence-electron chi connectivity index (χ4n) is 6.27. The van der Waals surface area contributed by atoms with Crippen molar-refractivity contribution in [2.75, 3.05) is 28.4 Å². The molecule has 1 saturated carbocycles. The summed E-state index contributed by atoms with van der Waals surface area (Å²) >= 11 is 0. The van der Waals surface area contributed by atoms with Crippen molar-refractivity contribution in [2.24, 2.45) is 5.92 Å². The highest BCUT2D eigenvalue weighted by molar-refractivity contribution is 6.70. The molecule has 3 aromatic carbocycles. The molecule has 8 nitrogen and oxygen atoms in total. The molecule has 1 fully saturated rings. The standard InChI is InChI=1S/C31H34O8Si/c1-34-21-15-13-20(14-16-21)30-26(19-11-9-8-10-12-19)25(29(33)37-4)28(32)31(30,39-40(5,6)7)27-23(36-3)17-22(35-2)18-24(27)38-30/h8-18,25-26H,1-7H3/t25-,26-,30+,31+/m1/s1. The number of hydrogen-bond donors (Lipinski definition) is 0. The van der Waals surface area contributed by atoms with E-state index in [2.05, 4.69) is 0 Å². The highest BCUT2D eigenvalue weighted by atomic mass is 28.4. The molecule has 0 aromatic heterocycles. The lowest BCUT2D eigenvalue weighted by atomic mass is 9.70. The molecule has 0 bridgehead atoms. The fourth-order valence-corrected chi connectivity index (χ4v) is 7.54. The van der Waals surface area contributed by atoms with Crippen molar-refractivity contribution in [3.05, 3.63) is 83.4 Å². The molecule has 40 heavy (non-hydrogen) atoms. The molecular weight excluding hydrogens is 528 g/mol. The average molecular weight is 563 g/mol. The maximum atomic E-state index is 15.1. The Morgan fingerprint density at radius 3 is 2.05 bits per heavy atom. The van der Waals surface area contributed by atoms with Gasteiger partial charge in [0.05, 0.1) is 39.9 Å². The van der Waals surface area contributed by atoms with Crippen molar-refractivity contribution in [3.63, 3.8) is 0 Å². The highest BCUT2D eigenvalue weighted by Crippen LogP contribution is 2.71. The van der Waals surface area contributed by atoms with Crippen LogP contribution in [0.5, 0.6) is 23.0 Å². The van der Waals surface area contributed by atoms with Gasteiger partial charge in [-0.3, -0.25) is 9.59 Å². The highest BCUT2D eigenvalue weighted by Gasteiger charge is 2.80. The first-order chi connectivity index (χ1) is 19.1. The molecule has 5 rings (SSSR count). The summed E-state index contributed by atoms with van der Waals surface area (Å²) in [7, 11) is 3.40. The van der Waals surface area contributed by atoms with Crippen LogP contribution in [0.15, 0.2) is 66.7 Å². The number of fused-ring (bicyclic) bond motifs is 3. The number of Topliss-reactive ketones (excluding diaryl/α,β-unsaturated/α-hetero) is 1. The summed E-state index contributed by atoms with van der Waals surface area (Å²) in [6.07, 6.45) is 0. The molecule has 0 radical (unpaired) electrons. The van der Waals surface area contributed by atoms with Crippen molar-refractivity contribution < 1.29 is 37.7 Å². The molecule has 9 heteroatoms. The van der Waals surface area contributed by atoms with Crippen molar-refractivity contribution >= 4 is 20.1 Å². The normalized spacial score (nSPS) is 25.0. The summed E-state index contributed by atoms with van der Waals surface area (Å²) in [5.74, 6) is -1.22. The first-order valence-corrected chi connectivity index (χ1v) is 16.5. The molecule has 1 aliphatic carbocycles. The van der Waals surface area contributed by atoms with Gasteiger partial charge in [0, 0.05) is 17.7 Å². The maximum Gasteiger partial charge on any atom is 0.317 e. The van der Waals surface area contributed by atoms with Crippen LogP contribution >= 0.6 is 0 Å². The Bertz CT molecular complexity index is 1430. The van der Waals surface area contributed by atoms with Gasteiger partial charge in [-0.15, -0.1) is 0 Å². The first kappa shape index (κ1) is 27.7. The molecule has 4 atom stereocenters. The molecule has 0 saturated heterocycles. The Hall–Kier alpha value is -3.82. The van der Waals surface area contributed by atoms with E-state index in [0.717, 1.165) is 5.56 Å². The molecule has 1 aliphatic heterocycles. The van der Waals surface area contributed by atoms with Crippen LogP contribution in [0.2, 0.25) is 19.6 Å². The Labute approximate surface area is 235 Å². The number of carbonyl (C=O) groups is 2. The van der Waals surface area contributed by atoms with Crippen LogP contribution < -0.4 is 18.9 Å². The Kier molecular flexibility index (Phi) is 6.92. The van der Waals surface area contributed by atoms with Crippen molar-refractivity contribution in [3.8, 4) is 23.0 Å². The van der Waals surface area contributed by atoms with E-state index in [9.17, 15) is 4.79 Å². The van der Waals surface area contributed by atoms with Gasteiger partial charge in [-0.25, -0.2) is 0 Å². The molecule has 0 spiro atoms. The second-order valence-corrected chi connectivity index (χ2v) is 15.3. The third-order valence-electron chi connectivity index (χ3n) is 7.63. The zero-order valence-electron chi connectivity index (χ0n) is 23.8. The van der Waals surface area contributed by atoms with Gasteiger partial charge >= 0.3 is 5.97 Å². The van der Waals surface area contributed by atoms with E-state index >= 15 is 4.79 Å². The van der Waals surface area contributed by atoms with E-state index in [1.165, 1.54) is 14.2 Å². The predicted octanol–water partition coefficient (Wildman–Crippen LogP) is 5.20. The molecule has 0 amide bonds. The lowest BCUT2D eigenvalue weighted by Crippen LogP contribution is -2.56. The summed E-state index contributed by atoms with van der Waals surface area (Å²) in [6.45, 7) is 6.01. The number of hydrogen-bond acceptors (Lipinski definition) is 8. The third-order valence-corrected chi connectivity index (χ3v) is 8.55.